The van der Waals surface area contributed by atoms with Gasteiger partial charge in [-0.3, -0.25) is 4.79 Å². The SMILES string of the molecule is COc1cc(Br)c(/C=C/C(=O)c2c(C)[nH]c(C(=O)O)c2C)cc1[O-]. The van der Waals surface area contributed by atoms with E-state index in [1.54, 1.807) is 13.8 Å². The molecule has 0 aliphatic heterocycles. The highest BCUT2D eigenvalue weighted by atomic mass is 79.9. The van der Waals surface area contributed by atoms with Crippen LogP contribution in [0.25, 0.3) is 6.08 Å². The molecule has 2 rings (SSSR count). The molecule has 2 N–H and O–H groups in total. The van der Waals surface area contributed by atoms with Crippen molar-refractivity contribution < 1.29 is 24.5 Å². The number of carbonyl (C=O) groups is 2. The van der Waals surface area contributed by atoms with Gasteiger partial charge in [0.2, 0.25) is 0 Å². The zero-order valence-corrected chi connectivity index (χ0v) is 14.9. The molecule has 24 heavy (non-hydrogen) atoms. The Morgan fingerprint density at radius 3 is 2.54 bits per heavy atom. The molecule has 0 saturated heterocycles. The van der Waals surface area contributed by atoms with Crippen LogP contribution in [-0.4, -0.2) is 29.0 Å². The number of nitrogens with one attached hydrogen (secondary N) is 1. The van der Waals surface area contributed by atoms with Crippen molar-refractivity contribution in [1.82, 2.24) is 4.98 Å². The second-order valence-electron chi connectivity index (χ2n) is 5.15. The number of hydrogen-bond acceptors (Lipinski definition) is 4. The predicted molar refractivity (Wildman–Crippen MR) is 90.7 cm³/mol. The number of H-pyrrole nitrogens is 1. The van der Waals surface area contributed by atoms with Gasteiger partial charge in [0.25, 0.3) is 0 Å². The van der Waals surface area contributed by atoms with E-state index in [0.717, 1.165) is 0 Å². The van der Waals surface area contributed by atoms with Gasteiger partial charge in [0.05, 0.1) is 7.11 Å². The normalized spacial score (nSPS) is 11.0. The number of hydrogen-bond donors (Lipinski definition) is 2. The topological polar surface area (TPSA) is 102 Å². The van der Waals surface area contributed by atoms with Gasteiger partial charge in [0, 0.05) is 15.7 Å². The highest BCUT2D eigenvalue weighted by Gasteiger charge is 2.20. The Bertz CT molecular complexity index is 851. The molecule has 0 aliphatic rings. The van der Waals surface area contributed by atoms with Crippen LogP contribution < -0.4 is 9.84 Å². The van der Waals surface area contributed by atoms with E-state index in [4.69, 9.17) is 9.84 Å². The van der Waals surface area contributed by atoms with Crippen molar-refractivity contribution in [2.75, 3.05) is 7.11 Å². The number of aromatic carboxylic acids is 1. The van der Waals surface area contributed by atoms with Gasteiger partial charge < -0.3 is 19.9 Å². The second kappa shape index (κ2) is 6.92. The number of carboxylic acid groups (broad SMARTS) is 1. The fourth-order valence-corrected chi connectivity index (χ4v) is 2.87. The molecule has 0 bridgehead atoms. The van der Waals surface area contributed by atoms with E-state index in [2.05, 4.69) is 20.9 Å². The minimum atomic E-state index is -1.12. The maximum absolute atomic E-state index is 12.4. The molecule has 7 heteroatoms. The molecule has 0 saturated carbocycles. The molecule has 2 aromatic rings. The largest absolute Gasteiger partial charge is 0.870 e. The van der Waals surface area contributed by atoms with Crippen LogP contribution in [-0.2, 0) is 0 Å². The first-order valence-corrected chi connectivity index (χ1v) is 7.75. The van der Waals surface area contributed by atoms with E-state index in [1.165, 1.54) is 31.4 Å². The zero-order chi connectivity index (χ0) is 18.0. The molecule has 0 spiro atoms. The summed E-state index contributed by atoms with van der Waals surface area (Å²) in [5.74, 6) is -1.56. The average molecular weight is 393 g/mol. The molecule has 1 heterocycles. The lowest BCUT2D eigenvalue weighted by atomic mass is 10.0. The molecule has 0 unspecified atom stereocenters. The van der Waals surface area contributed by atoms with Crippen LogP contribution in [0.1, 0.15) is 37.7 Å². The first-order chi connectivity index (χ1) is 11.3. The number of methoxy groups -OCH3 is 1. The van der Waals surface area contributed by atoms with Crippen molar-refractivity contribution in [2.45, 2.75) is 13.8 Å². The van der Waals surface area contributed by atoms with Gasteiger partial charge in [-0.15, -0.1) is 0 Å². The number of carbonyl (C=O) groups excluding carboxylic acids is 1. The van der Waals surface area contributed by atoms with Gasteiger partial charge in [-0.1, -0.05) is 27.7 Å². The number of rotatable bonds is 5. The first-order valence-electron chi connectivity index (χ1n) is 6.95. The molecule has 1 aromatic carbocycles. The van der Waals surface area contributed by atoms with Crippen LogP contribution in [0, 0.1) is 13.8 Å². The Balaban J connectivity index is 2.35. The monoisotopic (exact) mass is 392 g/mol. The van der Waals surface area contributed by atoms with Crippen LogP contribution in [0.2, 0.25) is 0 Å². The Morgan fingerprint density at radius 1 is 1.33 bits per heavy atom. The van der Waals surface area contributed by atoms with E-state index < -0.39 is 5.97 Å². The summed E-state index contributed by atoms with van der Waals surface area (Å²) < 4.78 is 5.55. The van der Waals surface area contributed by atoms with Crippen LogP contribution in [0.15, 0.2) is 22.7 Å². The van der Waals surface area contributed by atoms with Gasteiger partial charge in [-0.05, 0) is 43.2 Å². The fourth-order valence-electron chi connectivity index (χ4n) is 2.42. The van der Waals surface area contributed by atoms with Crippen molar-refractivity contribution in [3.05, 3.63) is 50.8 Å². The summed E-state index contributed by atoms with van der Waals surface area (Å²) >= 11 is 3.32. The molecule has 0 atom stereocenters. The lowest BCUT2D eigenvalue weighted by Gasteiger charge is -2.14. The second-order valence-corrected chi connectivity index (χ2v) is 6.01. The van der Waals surface area contributed by atoms with E-state index in [-0.39, 0.29) is 23.0 Å². The molecule has 126 valence electrons. The van der Waals surface area contributed by atoms with Crippen LogP contribution in [0.5, 0.6) is 11.5 Å². The highest BCUT2D eigenvalue weighted by molar-refractivity contribution is 9.10. The molecule has 6 nitrogen and oxygen atoms in total. The number of ketones is 1. The van der Waals surface area contributed by atoms with Gasteiger partial charge >= 0.3 is 5.97 Å². The average Bonchev–Trinajstić information content (AvgIpc) is 2.82. The summed E-state index contributed by atoms with van der Waals surface area (Å²) in [7, 11) is 1.40. The van der Waals surface area contributed by atoms with Gasteiger partial charge in [0.15, 0.2) is 5.78 Å². The number of aromatic nitrogens is 1. The summed E-state index contributed by atoms with van der Waals surface area (Å²) in [6, 6.07) is 2.88. The van der Waals surface area contributed by atoms with Crippen molar-refractivity contribution >= 4 is 33.8 Å². The number of aryl methyl sites for hydroxylation is 1. The highest BCUT2D eigenvalue weighted by Crippen LogP contribution is 2.31. The van der Waals surface area contributed by atoms with Gasteiger partial charge in [-0.2, -0.15) is 0 Å². The van der Waals surface area contributed by atoms with Crippen molar-refractivity contribution in [2.24, 2.45) is 0 Å². The maximum atomic E-state index is 12.4. The smallest absolute Gasteiger partial charge is 0.352 e. The number of allylic oxidation sites excluding steroid dienone is 1. The van der Waals surface area contributed by atoms with E-state index in [1.807, 2.05) is 0 Å². The summed E-state index contributed by atoms with van der Waals surface area (Å²) in [5.41, 5.74) is 1.71. The predicted octanol–water partition coefficient (Wildman–Crippen LogP) is 3.07. The molecule has 0 fully saturated rings. The van der Waals surface area contributed by atoms with E-state index in [9.17, 15) is 14.7 Å². The summed E-state index contributed by atoms with van der Waals surface area (Å²) in [5, 5.41) is 20.9. The minimum Gasteiger partial charge on any atom is -0.870 e. The Labute approximate surface area is 146 Å². The maximum Gasteiger partial charge on any atom is 0.352 e. The lowest BCUT2D eigenvalue weighted by Crippen LogP contribution is -2.01. The number of benzene rings is 1. The number of halogens is 1. The summed E-state index contributed by atoms with van der Waals surface area (Å²) in [4.78, 5) is 26.2. The number of carboxylic acids is 1. The Kier molecular flexibility index (Phi) is 5.14. The summed E-state index contributed by atoms with van der Waals surface area (Å²) in [6.07, 6.45) is 2.81. The van der Waals surface area contributed by atoms with Gasteiger partial charge in [-0.25, -0.2) is 4.79 Å². The third-order valence-corrected chi connectivity index (χ3v) is 4.28. The third kappa shape index (κ3) is 3.35. The molecule has 1 aromatic heterocycles. The lowest BCUT2D eigenvalue weighted by molar-refractivity contribution is -0.270. The van der Waals surface area contributed by atoms with Crippen LogP contribution >= 0.6 is 15.9 Å². The van der Waals surface area contributed by atoms with Crippen LogP contribution in [0.4, 0.5) is 0 Å². The zero-order valence-electron chi connectivity index (χ0n) is 13.3. The number of ether oxygens (including phenoxy) is 1. The Morgan fingerprint density at radius 2 is 2.00 bits per heavy atom. The minimum absolute atomic E-state index is 0.00303. The number of aromatic amines is 1. The first kappa shape index (κ1) is 17.8. The van der Waals surface area contributed by atoms with E-state index >= 15 is 0 Å². The third-order valence-electron chi connectivity index (χ3n) is 3.59. The Hall–Kier alpha value is -2.54. The molecule has 0 aliphatic carbocycles. The quantitative estimate of drug-likeness (QED) is 0.601. The fraction of sp³-hybridized carbons (Fsp3) is 0.176. The molecule has 0 amide bonds. The molecule has 0 radical (unpaired) electrons. The summed E-state index contributed by atoms with van der Waals surface area (Å²) in [6.45, 7) is 3.21. The van der Waals surface area contributed by atoms with Crippen molar-refractivity contribution in [3.63, 3.8) is 0 Å². The van der Waals surface area contributed by atoms with Crippen molar-refractivity contribution in [1.29, 1.82) is 0 Å². The standard InChI is InChI=1S/C17H16BrNO5/c1-8-15(9(2)19-16(8)17(22)23)12(20)5-4-10-6-13(21)14(24-3)7-11(10)18/h4-7,19,21H,1-3H3,(H,22,23)/p-1/b5-4+. The van der Waals surface area contributed by atoms with E-state index in [0.29, 0.717) is 26.9 Å². The molecular formula is C17H15BrNO5-. The van der Waals surface area contributed by atoms with Crippen molar-refractivity contribution in [3.8, 4) is 11.5 Å². The van der Waals surface area contributed by atoms with Crippen LogP contribution in [0.3, 0.4) is 0 Å². The molecular weight excluding hydrogens is 378 g/mol. The van der Waals surface area contributed by atoms with Gasteiger partial charge in [0.1, 0.15) is 11.4 Å².